The van der Waals surface area contributed by atoms with E-state index in [-0.39, 0.29) is 5.91 Å². The van der Waals surface area contributed by atoms with E-state index in [0.717, 1.165) is 27.9 Å². The van der Waals surface area contributed by atoms with Crippen molar-refractivity contribution in [2.75, 3.05) is 5.32 Å². The van der Waals surface area contributed by atoms with Crippen LogP contribution in [-0.4, -0.2) is 30.9 Å². The van der Waals surface area contributed by atoms with Crippen LogP contribution in [0, 0.1) is 0 Å². The molecule has 0 fully saturated rings. The van der Waals surface area contributed by atoms with Gasteiger partial charge in [0.05, 0.1) is 11.9 Å². The fourth-order valence-corrected chi connectivity index (χ4v) is 2.89. The Balaban J connectivity index is 1.51. The van der Waals surface area contributed by atoms with Gasteiger partial charge in [-0.1, -0.05) is 12.1 Å². The molecular weight excluding hydrogens is 352 g/mol. The number of rotatable bonds is 5. The Morgan fingerprint density at radius 3 is 2.86 bits per heavy atom. The van der Waals surface area contributed by atoms with E-state index >= 15 is 0 Å². The van der Waals surface area contributed by atoms with Crippen LogP contribution in [0.3, 0.4) is 0 Å². The number of aryl methyl sites for hydroxylation is 1. The van der Waals surface area contributed by atoms with Crippen molar-refractivity contribution in [1.29, 1.82) is 0 Å². The highest BCUT2D eigenvalue weighted by atomic mass is 16.1. The lowest BCUT2D eigenvalue weighted by Gasteiger charge is -2.05. The van der Waals surface area contributed by atoms with Crippen LogP contribution in [0.25, 0.3) is 28.5 Å². The summed E-state index contributed by atoms with van der Waals surface area (Å²) in [6.45, 7) is 0. The smallest absolute Gasteiger partial charge is 0.248 e. The zero-order chi connectivity index (χ0) is 19.3. The quantitative estimate of drug-likeness (QED) is 0.526. The Bertz CT molecular complexity index is 1130. The topological polar surface area (TPSA) is 88.5 Å². The van der Waals surface area contributed by atoms with Crippen LogP contribution in [0.4, 0.5) is 5.69 Å². The molecule has 3 aromatic heterocycles. The monoisotopic (exact) mass is 370 g/mol. The second kappa shape index (κ2) is 7.71. The molecule has 1 amide bonds. The van der Waals surface area contributed by atoms with E-state index in [2.05, 4.69) is 25.6 Å². The highest BCUT2D eigenvalue weighted by Gasteiger charge is 2.06. The van der Waals surface area contributed by atoms with Gasteiger partial charge < -0.3 is 5.32 Å². The van der Waals surface area contributed by atoms with Gasteiger partial charge in [-0.15, -0.1) is 0 Å². The number of carbonyl (C=O) groups excluding carboxylic acids is 1. The average molecular weight is 370 g/mol. The van der Waals surface area contributed by atoms with Crippen molar-refractivity contribution < 1.29 is 4.79 Å². The third-order valence-electron chi connectivity index (χ3n) is 4.22. The van der Waals surface area contributed by atoms with Gasteiger partial charge in [0, 0.05) is 60.3 Å². The molecule has 7 nitrogen and oxygen atoms in total. The van der Waals surface area contributed by atoms with Gasteiger partial charge in [0.1, 0.15) is 0 Å². The minimum absolute atomic E-state index is 0.220. The van der Waals surface area contributed by atoms with Crippen LogP contribution in [0.2, 0.25) is 0 Å². The second-order valence-electron chi connectivity index (χ2n) is 6.24. The number of carbonyl (C=O) groups is 1. The highest BCUT2D eigenvalue weighted by Crippen LogP contribution is 2.23. The minimum atomic E-state index is -0.220. The van der Waals surface area contributed by atoms with Crippen LogP contribution < -0.4 is 5.32 Å². The van der Waals surface area contributed by atoms with E-state index in [0.29, 0.717) is 5.69 Å². The maximum atomic E-state index is 12.4. The van der Waals surface area contributed by atoms with Crippen molar-refractivity contribution >= 4 is 17.7 Å². The first-order valence-electron chi connectivity index (χ1n) is 8.71. The lowest BCUT2D eigenvalue weighted by Crippen LogP contribution is -2.07. The number of hydrogen-bond donors (Lipinski definition) is 2. The van der Waals surface area contributed by atoms with Crippen molar-refractivity contribution in [2.45, 2.75) is 0 Å². The summed E-state index contributed by atoms with van der Waals surface area (Å²) in [4.78, 5) is 16.5. The van der Waals surface area contributed by atoms with Crippen molar-refractivity contribution in [3.8, 4) is 22.4 Å². The Hall–Kier alpha value is -4.00. The van der Waals surface area contributed by atoms with Crippen molar-refractivity contribution in [2.24, 2.45) is 7.05 Å². The molecule has 4 aromatic rings. The van der Waals surface area contributed by atoms with Gasteiger partial charge in [0.25, 0.3) is 0 Å². The number of nitrogens with zero attached hydrogens (tertiary/aromatic N) is 4. The van der Waals surface area contributed by atoms with Crippen molar-refractivity contribution in [3.05, 3.63) is 79.0 Å². The standard InChI is InChI=1S/C21H18N6O/c1-27-14-17(13-24-27)19-7-9-22-12-16(19)5-6-21(28)25-18-4-2-3-15(11-18)20-8-10-23-26-20/h2-14H,1H3,(H,23,26)(H,25,28)/b6-5+. The normalized spacial score (nSPS) is 11.0. The molecule has 0 aliphatic heterocycles. The lowest BCUT2D eigenvalue weighted by atomic mass is 10.0. The largest absolute Gasteiger partial charge is 0.322 e. The molecule has 4 rings (SSSR count). The number of anilines is 1. The van der Waals surface area contributed by atoms with Crippen LogP contribution in [0.1, 0.15) is 5.56 Å². The molecule has 28 heavy (non-hydrogen) atoms. The molecule has 0 spiro atoms. The third-order valence-corrected chi connectivity index (χ3v) is 4.22. The number of H-pyrrole nitrogens is 1. The third kappa shape index (κ3) is 3.88. The molecule has 0 bridgehead atoms. The first-order chi connectivity index (χ1) is 13.7. The lowest BCUT2D eigenvalue weighted by molar-refractivity contribution is -0.111. The van der Waals surface area contributed by atoms with E-state index in [1.807, 2.05) is 49.6 Å². The Kier molecular flexibility index (Phi) is 4.79. The van der Waals surface area contributed by atoms with Gasteiger partial charge in [-0.3, -0.25) is 19.6 Å². The van der Waals surface area contributed by atoms with Gasteiger partial charge in [-0.25, -0.2) is 0 Å². The first-order valence-corrected chi connectivity index (χ1v) is 8.71. The number of aromatic amines is 1. The summed E-state index contributed by atoms with van der Waals surface area (Å²) in [5, 5.41) is 13.9. The Morgan fingerprint density at radius 1 is 1.14 bits per heavy atom. The summed E-state index contributed by atoms with van der Waals surface area (Å²) >= 11 is 0. The number of amides is 1. The fraction of sp³-hybridized carbons (Fsp3) is 0.0476. The first kappa shape index (κ1) is 17.4. The molecule has 0 radical (unpaired) electrons. The fourth-order valence-electron chi connectivity index (χ4n) is 2.89. The number of hydrogen-bond acceptors (Lipinski definition) is 4. The summed E-state index contributed by atoms with van der Waals surface area (Å²) in [5.41, 5.74) is 5.33. The molecule has 1 aromatic carbocycles. The average Bonchev–Trinajstić information content (AvgIpc) is 3.39. The SMILES string of the molecule is Cn1cc(-c2ccncc2/C=C/C(=O)Nc2cccc(-c3ccn[nH]3)c2)cn1. The molecule has 2 N–H and O–H groups in total. The number of pyridine rings is 1. The molecule has 0 saturated heterocycles. The van der Waals surface area contributed by atoms with Crippen molar-refractivity contribution in [1.82, 2.24) is 25.0 Å². The molecule has 0 atom stereocenters. The van der Waals surface area contributed by atoms with E-state index in [1.54, 1.807) is 35.5 Å². The maximum absolute atomic E-state index is 12.4. The molecule has 138 valence electrons. The zero-order valence-electron chi connectivity index (χ0n) is 15.2. The predicted molar refractivity (Wildman–Crippen MR) is 108 cm³/mol. The summed E-state index contributed by atoms with van der Waals surface area (Å²) in [6.07, 6.45) is 12.1. The van der Waals surface area contributed by atoms with E-state index < -0.39 is 0 Å². The Morgan fingerprint density at radius 2 is 2.07 bits per heavy atom. The van der Waals surface area contributed by atoms with Crippen LogP contribution >= 0.6 is 0 Å². The molecule has 0 saturated carbocycles. The van der Waals surface area contributed by atoms with Gasteiger partial charge in [0.2, 0.25) is 5.91 Å². The summed E-state index contributed by atoms with van der Waals surface area (Å²) in [7, 11) is 1.87. The van der Waals surface area contributed by atoms with E-state index in [1.165, 1.54) is 6.08 Å². The van der Waals surface area contributed by atoms with Gasteiger partial charge in [-0.05, 0) is 35.9 Å². The number of benzene rings is 1. The van der Waals surface area contributed by atoms with Gasteiger partial charge >= 0.3 is 0 Å². The molecule has 3 heterocycles. The predicted octanol–water partition coefficient (Wildman–Crippen LogP) is 3.52. The minimum Gasteiger partial charge on any atom is -0.322 e. The molecule has 0 aliphatic carbocycles. The van der Waals surface area contributed by atoms with Gasteiger partial charge in [0.15, 0.2) is 0 Å². The van der Waals surface area contributed by atoms with Gasteiger partial charge in [-0.2, -0.15) is 10.2 Å². The highest BCUT2D eigenvalue weighted by molar-refractivity contribution is 6.02. The molecule has 7 heteroatoms. The summed E-state index contributed by atoms with van der Waals surface area (Å²) in [6, 6.07) is 11.4. The number of aromatic nitrogens is 5. The molecule has 0 aliphatic rings. The maximum Gasteiger partial charge on any atom is 0.248 e. The summed E-state index contributed by atoms with van der Waals surface area (Å²) < 4.78 is 1.74. The molecular formula is C21H18N6O. The van der Waals surface area contributed by atoms with Crippen LogP contribution in [0.15, 0.2) is 73.5 Å². The second-order valence-corrected chi connectivity index (χ2v) is 6.24. The zero-order valence-corrected chi connectivity index (χ0v) is 15.2. The van der Waals surface area contributed by atoms with E-state index in [4.69, 9.17) is 0 Å². The van der Waals surface area contributed by atoms with Crippen LogP contribution in [-0.2, 0) is 11.8 Å². The van der Waals surface area contributed by atoms with E-state index in [9.17, 15) is 4.79 Å². The molecule has 0 unspecified atom stereocenters. The van der Waals surface area contributed by atoms with Crippen LogP contribution in [0.5, 0.6) is 0 Å². The Labute approximate surface area is 161 Å². The number of nitrogens with one attached hydrogen (secondary N) is 2. The van der Waals surface area contributed by atoms with Crippen molar-refractivity contribution in [3.63, 3.8) is 0 Å². The summed E-state index contributed by atoms with van der Waals surface area (Å²) in [5.74, 6) is -0.220.